The Morgan fingerprint density at radius 3 is 2.83 bits per heavy atom. The molecule has 0 spiro atoms. The van der Waals surface area contributed by atoms with Crippen molar-refractivity contribution in [2.45, 2.75) is 20.0 Å². The number of carbonyl (C=O) groups excluding carboxylic acids is 1. The Hall–Kier alpha value is -1.07. The summed E-state index contributed by atoms with van der Waals surface area (Å²) in [5.74, 6) is -0.240. The number of rotatable bonds is 3. The number of carbonyl (C=O) groups is 1. The van der Waals surface area contributed by atoms with Gasteiger partial charge in [0.2, 0.25) is 5.91 Å². The molecule has 1 aromatic rings. The van der Waals surface area contributed by atoms with Gasteiger partial charge < -0.3 is 15.7 Å². The number of primary amides is 1. The van der Waals surface area contributed by atoms with Crippen molar-refractivity contribution < 1.29 is 9.90 Å². The smallest absolute Gasteiger partial charge is 0.225 e. The fraction of sp³-hybridized carbons (Fsp3) is 0.462. The van der Waals surface area contributed by atoms with Crippen molar-refractivity contribution in [3.05, 3.63) is 28.2 Å². The van der Waals surface area contributed by atoms with Gasteiger partial charge in [0.05, 0.1) is 12.0 Å². The quantitative estimate of drug-likeness (QED) is 0.891. The molecule has 0 aromatic heterocycles. The lowest BCUT2D eigenvalue weighted by Crippen LogP contribution is -2.37. The van der Waals surface area contributed by atoms with Crippen molar-refractivity contribution in [2.24, 2.45) is 11.1 Å². The summed E-state index contributed by atoms with van der Waals surface area (Å²) in [6.07, 6.45) is 0.779. The minimum absolute atomic E-state index is 0.0138. The SMILES string of the molecule is CC1(C(N)=O)CCN(c2ccc(CO)c(Br)c2)C1. The molecule has 1 aliphatic rings. The second kappa shape index (κ2) is 4.90. The summed E-state index contributed by atoms with van der Waals surface area (Å²) in [6, 6.07) is 5.82. The van der Waals surface area contributed by atoms with Crippen LogP contribution in [-0.2, 0) is 11.4 Å². The van der Waals surface area contributed by atoms with Crippen LogP contribution in [0.5, 0.6) is 0 Å². The molecule has 98 valence electrons. The average molecular weight is 313 g/mol. The molecule has 3 N–H and O–H groups in total. The van der Waals surface area contributed by atoms with E-state index in [1.807, 2.05) is 25.1 Å². The number of hydrogen-bond acceptors (Lipinski definition) is 3. The van der Waals surface area contributed by atoms with E-state index in [0.717, 1.165) is 28.7 Å². The van der Waals surface area contributed by atoms with E-state index in [0.29, 0.717) is 6.54 Å². The molecule has 18 heavy (non-hydrogen) atoms. The molecule has 1 unspecified atom stereocenters. The fourth-order valence-electron chi connectivity index (χ4n) is 2.24. The fourth-order valence-corrected chi connectivity index (χ4v) is 2.74. The summed E-state index contributed by atoms with van der Waals surface area (Å²) in [5, 5.41) is 9.13. The molecule has 1 amide bonds. The van der Waals surface area contributed by atoms with Crippen molar-refractivity contribution in [3.63, 3.8) is 0 Å². The number of halogens is 1. The zero-order valence-corrected chi connectivity index (χ0v) is 11.9. The van der Waals surface area contributed by atoms with Gasteiger partial charge in [-0.15, -0.1) is 0 Å². The third-order valence-electron chi connectivity index (χ3n) is 3.64. The Morgan fingerprint density at radius 1 is 1.61 bits per heavy atom. The first-order chi connectivity index (χ1) is 8.46. The van der Waals surface area contributed by atoms with Gasteiger partial charge >= 0.3 is 0 Å². The maximum atomic E-state index is 11.4. The molecule has 1 fully saturated rings. The van der Waals surface area contributed by atoms with Crippen LogP contribution in [0.1, 0.15) is 18.9 Å². The number of nitrogens with two attached hydrogens (primary N) is 1. The largest absolute Gasteiger partial charge is 0.392 e. The van der Waals surface area contributed by atoms with Gasteiger partial charge in [0.15, 0.2) is 0 Å². The van der Waals surface area contributed by atoms with E-state index in [2.05, 4.69) is 20.8 Å². The number of benzene rings is 1. The van der Waals surface area contributed by atoms with Gasteiger partial charge in [0.25, 0.3) is 0 Å². The molecule has 0 bridgehead atoms. The highest BCUT2D eigenvalue weighted by Crippen LogP contribution is 2.34. The molecular formula is C13H17BrN2O2. The predicted octanol–water partition coefficient (Wildman–Crippen LogP) is 1.64. The van der Waals surface area contributed by atoms with Gasteiger partial charge in [-0.3, -0.25) is 4.79 Å². The lowest BCUT2D eigenvalue weighted by Gasteiger charge is -2.23. The third-order valence-corrected chi connectivity index (χ3v) is 4.38. The van der Waals surface area contributed by atoms with E-state index in [4.69, 9.17) is 10.8 Å². The zero-order chi connectivity index (χ0) is 13.3. The van der Waals surface area contributed by atoms with E-state index in [-0.39, 0.29) is 12.5 Å². The second-order valence-electron chi connectivity index (χ2n) is 5.03. The van der Waals surface area contributed by atoms with Gasteiger partial charge in [-0.25, -0.2) is 0 Å². The van der Waals surface area contributed by atoms with Crippen molar-refractivity contribution in [1.82, 2.24) is 0 Å². The number of amides is 1. The van der Waals surface area contributed by atoms with Crippen molar-refractivity contribution in [2.75, 3.05) is 18.0 Å². The monoisotopic (exact) mass is 312 g/mol. The summed E-state index contributed by atoms with van der Waals surface area (Å²) in [6.45, 7) is 3.39. The van der Waals surface area contributed by atoms with Crippen LogP contribution in [0.2, 0.25) is 0 Å². The zero-order valence-electron chi connectivity index (χ0n) is 10.3. The van der Waals surface area contributed by atoms with Crippen LogP contribution in [0.15, 0.2) is 22.7 Å². The Labute approximate surface area is 115 Å². The molecule has 1 aliphatic heterocycles. The first kappa shape index (κ1) is 13.4. The van der Waals surface area contributed by atoms with Crippen LogP contribution in [0, 0.1) is 5.41 Å². The van der Waals surface area contributed by atoms with Crippen LogP contribution in [-0.4, -0.2) is 24.1 Å². The first-order valence-electron chi connectivity index (χ1n) is 5.90. The summed E-state index contributed by atoms with van der Waals surface area (Å²) in [7, 11) is 0. The number of hydrogen-bond donors (Lipinski definition) is 2. The Morgan fingerprint density at radius 2 is 2.33 bits per heavy atom. The highest BCUT2D eigenvalue weighted by molar-refractivity contribution is 9.10. The maximum Gasteiger partial charge on any atom is 0.225 e. The van der Waals surface area contributed by atoms with Gasteiger partial charge in [-0.2, -0.15) is 0 Å². The minimum Gasteiger partial charge on any atom is -0.392 e. The maximum absolute atomic E-state index is 11.4. The first-order valence-corrected chi connectivity index (χ1v) is 6.70. The molecule has 0 aliphatic carbocycles. The van der Waals surface area contributed by atoms with E-state index in [1.54, 1.807) is 0 Å². The molecule has 1 aromatic carbocycles. The Kier molecular flexibility index (Phi) is 3.64. The van der Waals surface area contributed by atoms with E-state index >= 15 is 0 Å². The number of anilines is 1. The highest BCUT2D eigenvalue weighted by Gasteiger charge is 2.38. The predicted molar refractivity (Wildman–Crippen MR) is 74.2 cm³/mol. The molecule has 4 nitrogen and oxygen atoms in total. The van der Waals surface area contributed by atoms with Crippen LogP contribution in [0.3, 0.4) is 0 Å². The summed E-state index contributed by atoms with van der Waals surface area (Å²) < 4.78 is 0.884. The highest BCUT2D eigenvalue weighted by atomic mass is 79.9. The number of aliphatic hydroxyl groups is 1. The molecule has 0 saturated carbocycles. The van der Waals surface area contributed by atoms with E-state index < -0.39 is 5.41 Å². The third kappa shape index (κ3) is 2.37. The molecule has 1 atom stereocenters. The summed E-state index contributed by atoms with van der Waals surface area (Å²) >= 11 is 3.43. The Balaban J connectivity index is 2.19. The van der Waals surface area contributed by atoms with Crippen LogP contribution < -0.4 is 10.6 Å². The van der Waals surface area contributed by atoms with Crippen molar-refractivity contribution in [1.29, 1.82) is 0 Å². The van der Waals surface area contributed by atoms with Gasteiger partial charge in [-0.05, 0) is 31.0 Å². The standard InChI is InChI=1S/C13H17BrN2O2/c1-13(12(15)18)4-5-16(8-13)10-3-2-9(7-17)11(14)6-10/h2-3,6,17H,4-5,7-8H2,1H3,(H2,15,18). The minimum atomic E-state index is -0.442. The number of aliphatic hydroxyl groups excluding tert-OH is 1. The topological polar surface area (TPSA) is 66.6 Å². The molecular weight excluding hydrogens is 296 g/mol. The molecule has 5 heteroatoms. The molecule has 1 saturated heterocycles. The normalized spacial score (nSPS) is 23.4. The van der Waals surface area contributed by atoms with E-state index in [1.165, 1.54) is 0 Å². The number of nitrogens with zero attached hydrogens (tertiary/aromatic N) is 1. The molecule has 1 heterocycles. The van der Waals surface area contributed by atoms with Crippen molar-refractivity contribution >= 4 is 27.5 Å². The van der Waals surface area contributed by atoms with Crippen LogP contribution in [0.4, 0.5) is 5.69 Å². The van der Waals surface area contributed by atoms with Crippen molar-refractivity contribution in [3.8, 4) is 0 Å². The lowest BCUT2D eigenvalue weighted by molar-refractivity contribution is -0.125. The van der Waals surface area contributed by atoms with Gasteiger partial charge in [0, 0.05) is 23.2 Å². The summed E-state index contributed by atoms with van der Waals surface area (Å²) in [5.41, 5.74) is 6.90. The second-order valence-corrected chi connectivity index (χ2v) is 5.88. The van der Waals surface area contributed by atoms with Crippen LogP contribution >= 0.6 is 15.9 Å². The summed E-state index contributed by atoms with van der Waals surface area (Å²) in [4.78, 5) is 13.6. The molecule has 0 radical (unpaired) electrons. The average Bonchev–Trinajstić information content (AvgIpc) is 2.73. The van der Waals surface area contributed by atoms with E-state index in [9.17, 15) is 4.79 Å². The van der Waals surface area contributed by atoms with Gasteiger partial charge in [-0.1, -0.05) is 22.0 Å². The van der Waals surface area contributed by atoms with Gasteiger partial charge in [0.1, 0.15) is 0 Å². The Bertz CT molecular complexity index is 478. The lowest BCUT2D eigenvalue weighted by atomic mass is 9.89. The van der Waals surface area contributed by atoms with Crippen LogP contribution in [0.25, 0.3) is 0 Å². The molecule has 2 rings (SSSR count).